The first-order valence-electron chi connectivity index (χ1n) is 10.3. The average molecular weight is 493 g/mol. The van der Waals surface area contributed by atoms with Crippen LogP contribution < -0.4 is 20.3 Å². The Bertz CT molecular complexity index is 1200. The number of pyridine rings is 1. The first kappa shape index (κ1) is 20.5. The number of hydrogen-bond acceptors (Lipinski definition) is 4. The quantitative estimate of drug-likeness (QED) is 0.559. The summed E-state index contributed by atoms with van der Waals surface area (Å²) in [5.74, 6) is 0.499. The molecule has 1 aromatic heterocycles. The number of fused-ring (bicyclic) bond motifs is 4. The molecule has 1 saturated heterocycles. The molecular weight excluding hydrogens is 472 g/mol. The van der Waals surface area contributed by atoms with E-state index in [1.807, 2.05) is 43.3 Å². The molecule has 3 aromatic rings. The van der Waals surface area contributed by atoms with Crippen molar-refractivity contribution in [1.82, 2.24) is 15.6 Å². The molecule has 1 fully saturated rings. The van der Waals surface area contributed by atoms with Gasteiger partial charge < -0.3 is 15.4 Å². The maximum atomic E-state index is 13.1. The number of rotatable bonds is 4. The Labute approximate surface area is 193 Å². The van der Waals surface area contributed by atoms with Crippen molar-refractivity contribution in [1.29, 1.82) is 0 Å². The molecule has 3 amide bonds. The maximum Gasteiger partial charge on any atom is 0.325 e. The molecule has 2 atom stereocenters. The second kappa shape index (κ2) is 7.94. The van der Waals surface area contributed by atoms with Gasteiger partial charge in [-0.25, -0.2) is 4.79 Å². The Balaban J connectivity index is 1.41. The molecule has 0 unspecified atom stereocenters. The Kier molecular flexibility index (Phi) is 5.09. The lowest BCUT2D eigenvalue weighted by Crippen LogP contribution is -2.65. The minimum absolute atomic E-state index is 0.144. The second-order valence-corrected chi connectivity index (χ2v) is 8.97. The fourth-order valence-electron chi connectivity index (χ4n) is 4.30. The third-order valence-corrected chi connectivity index (χ3v) is 6.25. The van der Waals surface area contributed by atoms with E-state index in [0.29, 0.717) is 24.2 Å². The third kappa shape index (κ3) is 3.71. The Morgan fingerprint density at radius 3 is 2.94 bits per heavy atom. The highest BCUT2D eigenvalue weighted by Crippen LogP contribution is 2.46. The van der Waals surface area contributed by atoms with E-state index in [4.69, 9.17) is 4.74 Å². The number of urea groups is 1. The van der Waals surface area contributed by atoms with Gasteiger partial charge in [-0.15, -0.1) is 0 Å². The van der Waals surface area contributed by atoms with Crippen LogP contribution in [0.2, 0.25) is 0 Å². The summed E-state index contributed by atoms with van der Waals surface area (Å²) in [6.07, 6.45) is 2.27. The molecule has 2 aromatic carbocycles. The molecule has 2 N–H and O–H groups in total. The Morgan fingerprint density at radius 2 is 2.12 bits per heavy atom. The fourth-order valence-corrected chi connectivity index (χ4v) is 4.68. The summed E-state index contributed by atoms with van der Waals surface area (Å²) in [5.41, 5.74) is 1.89. The molecule has 0 aliphatic carbocycles. The van der Waals surface area contributed by atoms with Gasteiger partial charge in [-0.2, -0.15) is 0 Å². The summed E-state index contributed by atoms with van der Waals surface area (Å²) in [5, 5.41) is 5.95. The predicted molar refractivity (Wildman–Crippen MR) is 123 cm³/mol. The van der Waals surface area contributed by atoms with Crippen molar-refractivity contribution in [3.8, 4) is 5.75 Å². The normalized spacial score (nSPS) is 21.2. The van der Waals surface area contributed by atoms with Crippen molar-refractivity contribution in [2.45, 2.75) is 31.7 Å². The number of anilines is 1. The lowest BCUT2D eigenvalue weighted by atomic mass is 9.90. The predicted octanol–water partition coefficient (Wildman–Crippen LogP) is 4.54. The maximum absolute atomic E-state index is 13.1. The van der Waals surface area contributed by atoms with Crippen LogP contribution in [0.4, 0.5) is 10.5 Å². The van der Waals surface area contributed by atoms with Crippen molar-refractivity contribution in [2.75, 3.05) is 4.90 Å². The van der Waals surface area contributed by atoms with Crippen LogP contribution in [0.15, 0.2) is 71.3 Å². The monoisotopic (exact) mass is 492 g/mol. The number of benzene rings is 2. The lowest BCUT2D eigenvalue weighted by molar-refractivity contribution is 0.0378. The van der Waals surface area contributed by atoms with Gasteiger partial charge in [-0.05, 0) is 55.5 Å². The van der Waals surface area contributed by atoms with Crippen LogP contribution in [-0.2, 0) is 6.54 Å². The summed E-state index contributed by atoms with van der Waals surface area (Å²) in [6, 6.07) is 17.9. The summed E-state index contributed by atoms with van der Waals surface area (Å²) in [6.45, 7) is 2.22. The number of carbonyl (C=O) groups is 2. The highest BCUT2D eigenvalue weighted by Gasteiger charge is 2.49. The van der Waals surface area contributed by atoms with Crippen molar-refractivity contribution in [3.63, 3.8) is 0 Å². The van der Waals surface area contributed by atoms with Crippen LogP contribution >= 0.6 is 15.9 Å². The van der Waals surface area contributed by atoms with Crippen LogP contribution in [0, 0.1) is 0 Å². The van der Waals surface area contributed by atoms with Crippen LogP contribution in [-0.4, -0.2) is 22.6 Å². The molecular formula is C24H21BrN4O3. The highest BCUT2D eigenvalue weighted by atomic mass is 79.9. The van der Waals surface area contributed by atoms with Crippen molar-refractivity contribution in [2.24, 2.45) is 0 Å². The van der Waals surface area contributed by atoms with Crippen LogP contribution in [0.25, 0.3) is 0 Å². The molecule has 2 aliphatic heterocycles. The zero-order valence-electron chi connectivity index (χ0n) is 17.3. The Morgan fingerprint density at radius 1 is 1.25 bits per heavy atom. The lowest BCUT2D eigenvalue weighted by Gasteiger charge is -2.50. The molecule has 0 spiro atoms. The van der Waals surface area contributed by atoms with Gasteiger partial charge >= 0.3 is 6.03 Å². The average Bonchev–Trinajstić information content (AvgIpc) is 2.78. The minimum atomic E-state index is -0.878. The van der Waals surface area contributed by atoms with E-state index in [1.54, 1.807) is 35.4 Å². The molecule has 3 heterocycles. The molecule has 0 radical (unpaired) electrons. The van der Waals surface area contributed by atoms with E-state index in [9.17, 15) is 9.59 Å². The summed E-state index contributed by atoms with van der Waals surface area (Å²) in [7, 11) is 0. The molecule has 0 saturated carbocycles. The largest absolute Gasteiger partial charge is 0.467 e. The molecule has 2 aliphatic rings. The van der Waals surface area contributed by atoms with E-state index in [1.165, 1.54) is 0 Å². The van der Waals surface area contributed by atoms with Crippen LogP contribution in [0.3, 0.4) is 0 Å². The van der Waals surface area contributed by atoms with Gasteiger partial charge in [-0.1, -0.05) is 28.1 Å². The molecule has 162 valence electrons. The van der Waals surface area contributed by atoms with E-state index < -0.39 is 5.72 Å². The number of aromatic nitrogens is 1. The first-order valence-corrected chi connectivity index (χ1v) is 11.1. The third-order valence-electron chi connectivity index (χ3n) is 5.76. The van der Waals surface area contributed by atoms with Gasteiger partial charge in [0.25, 0.3) is 5.91 Å². The van der Waals surface area contributed by atoms with Crippen molar-refractivity contribution in [3.05, 3.63) is 88.2 Å². The highest BCUT2D eigenvalue weighted by molar-refractivity contribution is 9.10. The number of hydrogen-bond donors (Lipinski definition) is 2. The van der Waals surface area contributed by atoms with Gasteiger partial charge in [0, 0.05) is 28.2 Å². The summed E-state index contributed by atoms with van der Waals surface area (Å²) in [4.78, 5) is 31.6. The SMILES string of the molecule is C[C@@]12C[C@@H](NC(=O)N1c1cccc(C(=O)NCc3ccccn3)c1)c1cc(Br)ccc1O2. The second-order valence-electron chi connectivity index (χ2n) is 8.05. The van der Waals surface area contributed by atoms with E-state index in [0.717, 1.165) is 21.5 Å². The molecule has 2 bridgehead atoms. The first-order chi connectivity index (χ1) is 15.4. The molecule has 7 nitrogen and oxygen atoms in total. The standard InChI is InChI=1S/C24H21BrN4O3/c1-24-13-20(19-12-16(25)8-9-21(19)32-24)28-23(31)29(24)18-7-4-5-15(11-18)22(30)27-14-17-6-2-3-10-26-17/h2-12,20H,13-14H2,1H3,(H,27,30)(H,28,31)/t20-,24-/m1/s1. The van der Waals surface area contributed by atoms with Crippen molar-refractivity contribution < 1.29 is 14.3 Å². The number of carbonyl (C=O) groups excluding carboxylic acids is 2. The van der Waals surface area contributed by atoms with E-state index in [-0.39, 0.29) is 18.0 Å². The number of amides is 3. The number of ether oxygens (including phenoxy) is 1. The molecule has 5 rings (SSSR count). The fraction of sp³-hybridized carbons (Fsp3) is 0.208. The van der Waals surface area contributed by atoms with Crippen LogP contribution in [0.5, 0.6) is 5.75 Å². The van der Waals surface area contributed by atoms with E-state index in [2.05, 4.69) is 31.5 Å². The molecule has 32 heavy (non-hydrogen) atoms. The summed E-state index contributed by atoms with van der Waals surface area (Å²) >= 11 is 3.49. The smallest absolute Gasteiger partial charge is 0.325 e. The zero-order valence-corrected chi connectivity index (χ0v) is 18.9. The van der Waals surface area contributed by atoms with Crippen molar-refractivity contribution >= 4 is 33.6 Å². The number of halogens is 1. The van der Waals surface area contributed by atoms with Crippen LogP contribution in [0.1, 0.15) is 41.0 Å². The van der Waals surface area contributed by atoms with Gasteiger partial charge in [-0.3, -0.25) is 14.7 Å². The minimum Gasteiger partial charge on any atom is -0.467 e. The number of nitrogens with one attached hydrogen (secondary N) is 2. The van der Waals surface area contributed by atoms with Gasteiger partial charge in [0.1, 0.15) is 5.75 Å². The van der Waals surface area contributed by atoms with Gasteiger partial charge in [0.2, 0.25) is 0 Å². The van der Waals surface area contributed by atoms with E-state index >= 15 is 0 Å². The number of nitrogens with zero attached hydrogens (tertiary/aromatic N) is 2. The van der Waals surface area contributed by atoms with Gasteiger partial charge in [0.05, 0.1) is 24.0 Å². The zero-order chi connectivity index (χ0) is 22.3. The van der Waals surface area contributed by atoms with Gasteiger partial charge in [0.15, 0.2) is 5.72 Å². The topological polar surface area (TPSA) is 83.6 Å². The Hall–Kier alpha value is -3.39. The molecule has 8 heteroatoms. The summed E-state index contributed by atoms with van der Waals surface area (Å²) < 4.78 is 7.26.